The van der Waals surface area contributed by atoms with Crippen LogP contribution in [0.25, 0.3) is 28.2 Å². The smallest absolute Gasteiger partial charge is 0.272 e. The molecule has 11 nitrogen and oxygen atoms in total. The SMILES string of the molecule is COc1ccc(-c2cc(C(=O)N3CCN(C(=O)c4ccccc4NCc4ccc5c(c4)OCO5)CC3)nc3cc(-c4ccccc4)nn23)cc1. The maximum atomic E-state index is 14.0. The number of hydrogen-bond acceptors (Lipinski definition) is 8. The molecular weight excluding hydrogens is 632 g/mol. The number of hydrogen-bond donors (Lipinski definition) is 1. The van der Waals surface area contributed by atoms with E-state index >= 15 is 0 Å². The predicted molar refractivity (Wildman–Crippen MR) is 189 cm³/mol. The molecule has 11 heteroatoms. The summed E-state index contributed by atoms with van der Waals surface area (Å²) in [6, 6.07) is 34.5. The predicted octanol–water partition coefficient (Wildman–Crippen LogP) is 6.01. The summed E-state index contributed by atoms with van der Waals surface area (Å²) in [5, 5.41) is 8.27. The van der Waals surface area contributed by atoms with Crippen molar-refractivity contribution in [2.75, 3.05) is 45.4 Å². The van der Waals surface area contributed by atoms with Gasteiger partial charge in [-0.2, -0.15) is 5.10 Å². The fraction of sp³-hybridized carbons (Fsp3) is 0.179. The molecule has 250 valence electrons. The van der Waals surface area contributed by atoms with E-state index in [1.807, 2.05) is 103 Å². The second-order valence-electron chi connectivity index (χ2n) is 12.1. The number of methoxy groups -OCH3 is 1. The van der Waals surface area contributed by atoms with Crippen LogP contribution in [0.1, 0.15) is 26.4 Å². The minimum absolute atomic E-state index is 0.0834. The second-order valence-corrected chi connectivity index (χ2v) is 12.1. The number of nitrogens with zero attached hydrogens (tertiary/aromatic N) is 5. The third-order valence-electron chi connectivity index (χ3n) is 9.03. The Balaban J connectivity index is 0.993. The number of anilines is 1. The number of carbonyl (C=O) groups excluding carboxylic acids is 2. The molecule has 2 amide bonds. The van der Waals surface area contributed by atoms with Gasteiger partial charge in [-0.1, -0.05) is 48.5 Å². The van der Waals surface area contributed by atoms with Gasteiger partial charge in [0.2, 0.25) is 6.79 Å². The van der Waals surface area contributed by atoms with Gasteiger partial charge < -0.3 is 29.3 Å². The van der Waals surface area contributed by atoms with Crippen LogP contribution in [0, 0.1) is 0 Å². The molecule has 1 saturated heterocycles. The molecule has 1 fully saturated rings. The summed E-state index contributed by atoms with van der Waals surface area (Å²) < 4.78 is 18.1. The topological polar surface area (TPSA) is 111 Å². The summed E-state index contributed by atoms with van der Waals surface area (Å²) >= 11 is 0. The summed E-state index contributed by atoms with van der Waals surface area (Å²) in [4.78, 5) is 36.1. The van der Waals surface area contributed by atoms with Crippen molar-refractivity contribution in [2.45, 2.75) is 6.54 Å². The zero-order chi connectivity index (χ0) is 34.0. The van der Waals surface area contributed by atoms with Crippen LogP contribution in [0.5, 0.6) is 17.2 Å². The quantitative estimate of drug-likeness (QED) is 0.210. The first-order valence-electron chi connectivity index (χ1n) is 16.4. The van der Waals surface area contributed by atoms with Gasteiger partial charge >= 0.3 is 0 Å². The first kappa shape index (κ1) is 30.9. The molecule has 0 unspecified atom stereocenters. The van der Waals surface area contributed by atoms with E-state index in [-0.39, 0.29) is 18.6 Å². The van der Waals surface area contributed by atoms with E-state index < -0.39 is 0 Å². The number of piperazine rings is 1. The Morgan fingerprint density at radius 2 is 1.48 bits per heavy atom. The normalized spacial score (nSPS) is 13.8. The Bertz CT molecular complexity index is 2190. The van der Waals surface area contributed by atoms with Gasteiger partial charge in [-0.25, -0.2) is 9.50 Å². The fourth-order valence-electron chi connectivity index (χ4n) is 6.32. The molecule has 6 aromatic rings. The average molecular weight is 667 g/mol. The van der Waals surface area contributed by atoms with Crippen LogP contribution in [0.2, 0.25) is 0 Å². The lowest BCUT2D eigenvalue weighted by atomic mass is 10.1. The van der Waals surface area contributed by atoms with Gasteiger partial charge in [0.05, 0.1) is 24.1 Å². The molecule has 0 saturated carbocycles. The highest BCUT2D eigenvalue weighted by molar-refractivity contribution is 6.00. The van der Waals surface area contributed by atoms with E-state index in [0.29, 0.717) is 49.6 Å². The van der Waals surface area contributed by atoms with Gasteiger partial charge in [-0.05, 0) is 60.2 Å². The molecule has 0 radical (unpaired) electrons. The van der Waals surface area contributed by atoms with Gasteiger partial charge in [-0.15, -0.1) is 0 Å². The highest BCUT2D eigenvalue weighted by atomic mass is 16.7. The Morgan fingerprint density at radius 3 is 2.26 bits per heavy atom. The molecule has 0 atom stereocenters. The van der Waals surface area contributed by atoms with Gasteiger partial charge in [0.25, 0.3) is 11.8 Å². The van der Waals surface area contributed by atoms with Gasteiger partial charge in [-0.3, -0.25) is 9.59 Å². The highest BCUT2D eigenvalue weighted by Gasteiger charge is 2.28. The van der Waals surface area contributed by atoms with Gasteiger partial charge in [0, 0.05) is 55.6 Å². The lowest BCUT2D eigenvalue weighted by molar-refractivity contribution is 0.0533. The van der Waals surface area contributed by atoms with Crippen LogP contribution in [0.4, 0.5) is 5.69 Å². The lowest BCUT2D eigenvalue weighted by Crippen LogP contribution is -2.50. The van der Waals surface area contributed by atoms with Crippen molar-refractivity contribution < 1.29 is 23.8 Å². The molecule has 0 spiro atoms. The number of rotatable bonds is 8. The Kier molecular flexibility index (Phi) is 8.21. The summed E-state index contributed by atoms with van der Waals surface area (Å²) in [6.45, 7) is 2.31. The Hall–Kier alpha value is -6.36. The van der Waals surface area contributed by atoms with Crippen LogP contribution < -0.4 is 19.5 Å². The first-order valence-corrected chi connectivity index (χ1v) is 16.4. The summed E-state index contributed by atoms with van der Waals surface area (Å²) in [7, 11) is 1.63. The summed E-state index contributed by atoms with van der Waals surface area (Å²) in [5.41, 5.74) is 6.55. The van der Waals surface area contributed by atoms with E-state index in [9.17, 15) is 9.59 Å². The third-order valence-corrected chi connectivity index (χ3v) is 9.03. The standard InChI is InChI=1S/C39H34N6O5/c1-48-29-14-12-28(13-15-29)34-22-33(41-37-23-32(42-45(34)37)27-7-3-2-4-8-27)39(47)44-19-17-43(18-20-44)38(46)30-9-5-6-10-31(30)40-24-26-11-16-35-36(21-26)50-25-49-35/h2-16,21-23,40H,17-20,24-25H2,1H3. The minimum atomic E-state index is -0.192. The number of ether oxygens (including phenoxy) is 3. The molecule has 50 heavy (non-hydrogen) atoms. The van der Waals surface area contributed by atoms with E-state index in [1.54, 1.807) is 27.5 Å². The molecule has 0 bridgehead atoms. The van der Waals surface area contributed by atoms with E-state index in [1.165, 1.54) is 0 Å². The van der Waals surface area contributed by atoms with Gasteiger partial charge in [0.1, 0.15) is 11.4 Å². The molecule has 2 aromatic heterocycles. The lowest BCUT2D eigenvalue weighted by Gasteiger charge is -2.35. The van der Waals surface area contributed by atoms with Crippen LogP contribution in [0.15, 0.2) is 109 Å². The number of para-hydroxylation sites is 1. The molecule has 4 heterocycles. The highest BCUT2D eigenvalue weighted by Crippen LogP contribution is 2.33. The van der Waals surface area contributed by atoms with Crippen molar-refractivity contribution in [3.8, 4) is 39.8 Å². The molecule has 2 aliphatic heterocycles. The molecule has 8 rings (SSSR count). The van der Waals surface area contributed by atoms with Crippen molar-refractivity contribution in [2.24, 2.45) is 0 Å². The molecule has 2 aliphatic rings. The number of nitrogens with one attached hydrogen (secondary N) is 1. The number of fused-ring (bicyclic) bond motifs is 2. The fourth-order valence-corrected chi connectivity index (χ4v) is 6.32. The summed E-state index contributed by atoms with van der Waals surface area (Å²) in [5.74, 6) is 1.91. The number of benzene rings is 4. The van der Waals surface area contributed by atoms with Crippen LogP contribution in [-0.4, -0.2) is 76.3 Å². The van der Waals surface area contributed by atoms with Crippen molar-refractivity contribution in [3.63, 3.8) is 0 Å². The van der Waals surface area contributed by atoms with Crippen molar-refractivity contribution >= 4 is 23.1 Å². The molecule has 0 aliphatic carbocycles. The molecular formula is C39H34N6O5. The second kappa shape index (κ2) is 13.3. The van der Waals surface area contributed by atoms with Crippen LogP contribution in [0.3, 0.4) is 0 Å². The third kappa shape index (κ3) is 6.05. The Morgan fingerprint density at radius 1 is 0.760 bits per heavy atom. The Labute approximate surface area is 288 Å². The monoisotopic (exact) mass is 666 g/mol. The van der Waals surface area contributed by atoms with E-state index in [0.717, 1.165) is 51.0 Å². The maximum Gasteiger partial charge on any atom is 0.272 e. The molecule has 4 aromatic carbocycles. The average Bonchev–Trinajstić information content (AvgIpc) is 3.84. The van der Waals surface area contributed by atoms with Gasteiger partial charge in [0.15, 0.2) is 17.1 Å². The van der Waals surface area contributed by atoms with E-state index in [4.69, 9.17) is 24.3 Å². The van der Waals surface area contributed by atoms with Crippen LogP contribution >= 0.6 is 0 Å². The van der Waals surface area contributed by atoms with Crippen molar-refractivity contribution in [3.05, 3.63) is 126 Å². The minimum Gasteiger partial charge on any atom is -0.497 e. The zero-order valence-electron chi connectivity index (χ0n) is 27.4. The largest absolute Gasteiger partial charge is 0.497 e. The molecule has 1 N–H and O–H groups in total. The number of amides is 2. The summed E-state index contributed by atoms with van der Waals surface area (Å²) in [6.07, 6.45) is 0. The number of aromatic nitrogens is 3. The van der Waals surface area contributed by atoms with Crippen molar-refractivity contribution in [1.29, 1.82) is 0 Å². The van der Waals surface area contributed by atoms with Crippen molar-refractivity contribution in [1.82, 2.24) is 24.4 Å². The zero-order valence-corrected chi connectivity index (χ0v) is 27.4. The van der Waals surface area contributed by atoms with E-state index in [2.05, 4.69) is 5.32 Å². The van der Waals surface area contributed by atoms with Crippen LogP contribution in [-0.2, 0) is 6.54 Å². The first-order chi connectivity index (χ1) is 24.5. The maximum absolute atomic E-state index is 14.0. The number of carbonyl (C=O) groups is 2.